The molecular formula is C16H22ClNO3. The van der Waals surface area contributed by atoms with Gasteiger partial charge < -0.3 is 15.2 Å². The van der Waals surface area contributed by atoms with Gasteiger partial charge in [-0.05, 0) is 43.4 Å². The van der Waals surface area contributed by atoms with Crippen LogP contribution in [0.4, 0.5) is 0 Å². The first kappa shape index (κ1) is 16.3. The molecule has 2 N–H and O–H groups in total. The number of carbonyl (C=O) groups is 1. The second-order valence-corrected chi connectivity index (χ2v) is 5.96. The van der Waals surface area contributed by atoms with E-state index in [1.54, 1.807) is 7.11 Å². The van der Waals surface area contributed by atoms with Gasteiger partial charge in [-0.3, -0.25) is 4.79 Å². The first-order valence-corrected chi connectivity index (χ1v) is 7.71. The molecule has 0 unspecified atom stereocenters. The number of nitrogens with one attached hydrogen (secondary N) is 1. The first-order valence-electron chi connectivity index (χ1n) is 7.33. The molecule has 0 aliphatic heterocycles. The van der Waals surface area contributed by atoms with Gasteiger partial charge in [0.15, 0.2) is 0 Å². The third kappa shape index (κ3) is 4.70. The summed E-state index contributed by atoms with van der Waals surface area (Å²) in [6.45, 7) is 0.593. The average Bonchev–Trinajstić information content (AvgIpc) is 2.47. The van der Waals surface area contributed by atoms with Crippen LogP contribution in [0.3, 0.4) is 0 Å². The molecule has 116 valence electrons. The summed E-state index contributed by atoms with van der Waals surface area (Å²) in [5.74, 6) is -0.0244. The molecule has 1 amide bonds. The highest BCUT2D eigenvalue weighted by Crippen LogP contribution is 2.26. The van der Waals surface area contributed by atoms with Crippen molar-refractivity contribution in [2.45, 2.75) is 37.9 Å². The van der Waals surface area contributed by atoms with Crippen molar-refractivity contribution >= 4 is 17.5 Å². The summed E-state index contributed by atoms with van der Waals surface area (Å²) < 4.78 is 5.23. The average molecular weight is 312 g/mol. The quantitative estimate of drug-likeness (QED) is 0.876. The molecule has 4 nitrogen and oxygen atoms in total. The fourth-order valence-electron chi connectivity index (χ4n) is 2.77. The first-order chi connectivity index (χ1) is 10.1. The summed E-state index contributed by atoms with van der Waals surface area (Å²) in [6.07, 6.45) is 1.98. The van der Waals surface area contributed by atoms with Gasteiger partial charge in [0.25, 0.3) is 0 Å². The van der Waals surface area contributed by atoms with Crippen LogP contribution < -0.4 is 5.32 Å². The number of amides is 1. The van der Waals surface area contributed by atoms with Crippen molar-refractivity contribution in [3.8, 4) is 0 Å². The van der Waals surface area contributed by atoms with Crippen molar-refractivity contribution in [1.29, 1.82) is 0 Å². The summed E-state index contributed by atoms with van der Waals surface area (Å²) in [6, 6.07) is 7.65. The maximum atomic E-state index is 12.1. The number of hydrogen-bond acceptors (Lipinski definition) is 3. The number of aliphatic hydroxyl groups excluding tert-OH is 1. The fraction of sp³-hybridized carbons (Fsp3) is 0.562. The number of methoxy groups -OCH3 is 1. The van der Waals surface area contributed by atoms with Crippen molar-refractivity contribution in [3.05, 3.63) is 34.9 Å². The van der Waals surface area contributed by atoms with Gasteiger partial charge in [0.1, 0.15) is 0 Å². The molecule has 1 aromatic carbocycles. The summed E-state index contributed by atoms with van der Waals surface area (Å²) in [5.41, 5.74) is 1.11. The van der Waals surface area contributed by atoms with Gasteiger partial charge >= 0.3 is 0 Å². The Kier molecular flexibility index (Phi) is 6.03. The molecule has 0 aromatic heterocycles. The molecule has 1 saturated carbocycles. The van der Waals surface area contributed by atoms with Gasteiger partial charge in [0.05, 0.1) is 12.2 Å². The lowest BCUT2D eigenvalue weighted by atomic mass is 9.84. The normalized spacial score (nSPS) is 25.6. The van der Waals surface area contributed by atoms with Crippen LogP contribution in [0.25, 0.3) is 0 Å². The molecule has 1 aromatic rings. The second kappa shape index (κ2) is 7.78. The van der Waals surface area contributed by atoms with Gasteiger partial charge in [0, 0.05) is 24.6 Å². The largest absolute Gasteiger partial charge is 0.390 e. The smallest absolute Gasteiger partial charge is 0.223 e. The monoisotopic (exact) mass is 311 g/mol. The second-order valence-electron chi connectivity index (χ2n) is 5.52. The number of halogens is 1. The maximum Gasteiger partial charge on any atom is 0.223 e. The summed E-state index contributed by atoms with van der Waals surface area (Å²) in [7, 11) is 1.58. The SMILES string of the molecule is CO[C@@H]1C[C@H](C(=O)NCCc2cccc(Cl)c2)CC[C@@H]1O. The minimum atomic E-state index is -0.453. The lowest BCUT2D eigenvalue weighted by molar-refractivity contribution is -0.130. The van der Waals surface area contributed by atoms with Crippen LogP contribution in [0.5, 0.6) is 0 Å². The number of hydrogen-bond donors (Lipinski definition) is 2. The zero-order chi connectivity index (χ0) is 15.2. The Labute approximate surface area is 130 Å². The Morgan fingerprint density at radius 2 is 2.29 bits per heavy atom. The predicted octanol–water partition coefficient (Wildman–Crippen LogP) is 2.17. The lowest BCUT2D eigenvalue weighted by Gasteiger charge is -2.31. The van der Waals surface area contributed by atoms with E-state index < -0.39 is 6.10 Å². The molecule has 1 aliphatic rings. The summed E-state index contributed by atoms with van der Waals surface area (Å²) in [5, 5.41) is 13.4. The Morgan fingerprint density at radius 3 is 3.00 bits per heavy atom. The summed E-state index contributed by atoms with van der Waals surface area (Å²) >= 11 is 5.93. The highest BCUT2D eigenvalue weighted by atomic mass is 35.5. The van der Waals surface area contributed by atoms with Crippen LogP contribution in [0.2, 0.25) is 5.02 Å². The highest BCUT2D eigenvalue weighted by molar-refractivity contribution is 6.30. The van der Waals surface area contributed by atoms with E-state index in [0.717, 1.165) is 12.0 Å². The molecule has 0 saturated heterocycles. The minimum absolute atomic E-state index is 0.0472. The molecular weight excluding hydrogens is 290 g/mol. The maximum absolute atomic E-state index is 12.1. The van der Waals surface area contributed by atoms with Gasteiger partial charge in [0.2, 0.25) is 5.91 Å². The Hall–Kier alpha value is -1.10. The topological polar surface area (TPSA) is 58.6 Å². The van der Waals surface area contributed by atoms with Crippen molar-refractivity contribution in [2.24, 2.45) is 5.92 Å². The van der Waals surface area contributed by atoms with Crippen molar-refractivity contribution < 1.29 is 14.6 Å². The summed E-state index contributed by atoms with van der Waals surface area (Å²) in [4.78, 5) is 12.1. The van der Waals surface area contributed by atoms with Gasteiger partial charge in [-0.25, -0.2) is 0 Å². The van der Waals surface area contributed by atoms with Crippen molar-refractivity contribution in [2.75, 3.05) is 13.7 Å². The van der Waals surface area contributed by atoms with E-state index in [2.05, 4.69) is 5.32 Å². The number of aliphatic hydroxyl groups is 1. The van der Waals surface area contributed by atoms with E-state index in [4.69, 9.17) is 16.3 Å². The molecule has 21 heavy (non-hydrogen) atoms. The molecule has 0 bridgehead atoms. The fourth-order valence-corrected chi connectivity index (χ4v) is 2.98. The number of rotatable bonds is 5. The predicted molar refractivity (Wildman–Crippen MR) is 82.3 cm³/mol. The van der Waals surface area contributed by atoms with Crippen LogP contribution in [0, 0.1) is 5.92 Å². The van der Waals surface area contributed by atoms with Crippen molar-refractivity contribution in [3.63, 3.8) is 0 Å². The van der Waals surface area contributed by atoms with Crippen LogP contribution in [0.15, 0.2) is 24.3 Å². The number of carbonyl (C=O) groups excluding carboxylic acids is 1. The van der Waals surface area contributed by atoms with Crippen LogP contribution in [-0.4, -0.2) is 36.9 Å². The van der Waals surface area contributed by atoms with Crippen molar-refractivity contribution in [1.82, 2.24) is 5.32 Å². The Bertz CT molecular complexity index is 480. The molecule has 0 heterocycles. The van der Waals surface area contributed by atoms with E-state index in [9.17, 15) is 9.90 Å². The third-order valence-corrected chi connectivity index (χ3v) is 4.27. The van der Waals surface area contributed by atoms with Gasteiger partial charge in [-0.2, -0.15) is 0 Å². The molecule has 1 fully saturated rings. The van der Waals surface area contributed by atoms with E-state index >= 15 is 0 Å². The molecule has 1 aliphatic carbocycles. The van der Waals surface area contributed by atoms with Crippen LogP contribution >= 0.6 is 11.6 Å². The molecule has 0 radical (unpaired) electrons. The van der Waals surface area contributed by atoms with E-state index in [-0.39, 0.29) is 17.9 Å². The van der Waals surface area contributed by atoms with Crippen LogP contribution in [-0.2, 0) is 16.0 Å². The zero-order valence-corrected chi connectivity index (χ0v) is 13.0. The molecule has 2 rings (SSSR count). The van der Waals surface area contributed by atoms with Gasteiger partial charge in [-0.15, -0.1) is 0 Å². The molecule has 5 heteroatoms. The number of benzene rings is 1. The van der Waals surface area contributed by atoms with Crippen LogP contribution in [0.1, 0.15) is 24.8 Å². The molecule has 3 atom stereocenters. The number of ether oxygens (including phenoxy) is 1. The van der Waals surface area contributed by atoms with Gasteiger partial charge in [-0.1, -0.05) is 23.7 Å². The van der Waals surface area contributed by atoms with E-state index in [1.807, 2.05) is 24.3 Å². The zero-order valence-electron chi connectivity index (χ0n) is 12.2. The highest BCUT2D eigenvalue weighted by Gasteiger charge is 2.32. The van der Waals surface area contributed by atoms with E-state index in [1.165, 1.54) is 0 Å². The minimum Gasteiger partial charge on any atom is -0.390 e. The Morgan fingerprint density at radius 1 is 1.48 bits per heavy atom. The molecule has 0 spiro atoms. The van der Waals surface area contributed by atoms with E-state index in [0.29, 0.717) is 30.8 Å². The third-order valence-electron chi connectivity index (χ3n) is 4.03. The lowest BCUT2D eigenvalue weighted by Crippen LogP contribution is -2.41. The standard InChI is InChI=1S/C16H22ClNO3/c1-21-15-10-12(5-6-14(15)19)16(20)18-8-7-11-3-2-4-13(17)9-11/h2-4,9,12,14-15,19H,5-8,10H2,1H3,(H,18,20)/t12-,14+,15-/m1/s1. The Balaban J connectivity index is 1.77.